The highest BCUT2D eigenvalue weighted by atomic mass is 19.1. The summed E-state index contributed by atoms with van der Waals surface area (Å²) in [6, 6.07) is 6.37. The Labute approximate surface area is 188 Å². The predicted octanol–water partition coefficient (Wildman–Crippen LogP) is 3.92. The zero-order valence-electron chi connectivity index (χ0n) is 18.9. The minimum Gasteiger partial charge on any atom is -0.340 e. The molecule has 1 aromatic carbocycles. The van der Waals surface area contributed by atoms with Crippen LogP contribution in [0, 0.1) is 25.6 Å². The Kier molecular flexibility index (Phi) is 6.84. The first-order chi connectivity index (χ1) is 15.4. The summed E-state index contributed by atoms with van der Waals surface area (Å²) in [5, 5.41) is 2.83. The molecule has 170 valence electrons. The van der Waals surface area contributed by atoms with Gasteiger partial charge < -0.3 is 10.2 Å². The number of aromatic nitrogens is 1. The van der Waals surface area contributed by atoms with Crippen molar-refractivity contribution in [2.75, 3.05) is 31.5 Å². The van der Waals surface area contributed by atoms with Crippen LogP contribution in [0.15, 0.2) is 30.5 Å². The van der Waals surface area contributed by atoms with E-state index in [1.807, 2.05) is 18.7 Å². The van der Waals surface area contributed by atoms with Gasteiger partial charge in [0.05, 0.1) is 5.56 Å². The summed E-state index contributed by atoms with van der Waals surface area (Å²) in [5.41, 5.74) is 3.43. The molecule has 1 aliphatic carbocycles. The topological polar surface area (TPSA) is 65.5 Å². The molecule has 0 spiro atoms. The number of carbonyl (C=O) groups excluding carboxylic acids is 2. The second-order valence-electron chi connectivity index (χ2n) is 9.04. The number of hydrogen-bond acceptors (Lipinski definition) is 4. The van der Waals surface area contributed by atoms with Crippen LogP contribution in [-0.2, 0) is 11.3 Å². The molecular formula is C25H31FN4O2. The number of carbonyl (C=O) groups is 2. The summed E-state index contributed by atoms with van der Waals surface area (Å²) in [5.74, 6) is 0.166. The molecule has 1 saturated heterocycles. The Morgan fingerprint density at radius 1 is 1.12 bits per heavy atom. The van der Waals surface area contributed by atoms with Crippen LogP contribution in [0.4, 0.5) is 10.1 Å². The minimum atomic E-state index is -0.378. The highest BCUT2D eigenvalue weighted by Crippen LogP contribution is 2.30. The molecule has 1 aliphatic heterocycles. The first kappa shape index (κ1) is 22.4. The number of benzene rings is 1. The fraction of sp³-hybridized carbons (Fsp3) is 0.480. The lowest BCUT2D eigenvalue weighted by Gasteiger charge is -2.36. The van der Waals surface area contributed by atoms with Gasteiger partial charge in [0, 0.05) is 56.7 Å². The number of nitrogens with zero attached hydrogens (tertiary/aromatic N) is 3. The molecule has 0 bridgehead atoms. The predicted molar refractivity (Wildman–Crippen MR) is 122 cm³/mol. The summed E-state index contributed by atoms with van der Waals surface area (Å²) < 4.78 is 14.4. The Bertz CT molecular complexity index is 980. The molecule has 2 fully saturated rings. The largest absolute Gasteiger partial charge is 0.340 e. The number of amides is 2. The van der Waals surface area contributed by atoms with E-state index in [0.29, 0.717) is 43.2 Å². The van der Waals surface area contributed by atoms with E-state index < -0.39 is 0 Å². The number of pyridine rings is 1. The maximum atomic E-state index is 14.4. The van der Waals surface area contributed by atoms with Gasteiger partial charge in [0.1, 0.15) is 5.82 Å². The number of nitrogens with one attached hydrogen (secondary N) is 1. The average Bonchev–Trinajstić information content (AvgIpc) is 2.75. The van der Waals surface area contributed by atoms with E-state index in [2.05, 4.69) is 15.2 Å². The molecule has 0 atom stereocenters. The van der Waals surface area contributed by atoms with Crippen molar-refractivity contribution in [3.05, 3.63) is 58.7 Å². The van der Waals surface area contributed by atoms with Crippen LogP contribution in [0.2, 0.25) is 0 Å². The molecule has 1 N–H and O–H groups in total. The molecule has 7 heteroatoms. The van der Waals surface area contributed by atoms with Crippen molar-refractivity contribution in [2.45, 2.75) is 46.1 Å². The van der Waals surface area contributed by atoms with Crippen LogP contribution in [0.3, 0.4) is 0 Å². The van der Waals surface area contributed by atoms with E-state index in [0.717, 1.165) is 29.9 Å². The molecule has 0 unspecified atom stereocenters. The zero-order valence-corrected chi connectivity index (χ0v) is 18.9. The van der Waals surface area contributed by atoms with Crippen molar-refractivity contribution < 1.29 is 14.0 Å². The molecule has 2 heterocycles. The van der Waals surface area contributed by atoms with Gasteiger partial charge in [-0.1, -0.05) is 6.42 Å². The van der Waals surface area contributed by atoms with Crippen molar-refractivity contribution >= 4 is 17.5 Å². The lowest BCUT2D eigenvalue weighted by atomic mass is 9.82. The van der Waals surface area contributed by atoms with Crippen LogP contribution >= 0.6 is 0 Å². The van der Waals surface area contributed by atoms with Crippen LogP contribution in [-0.4, -0.2) is 52.8 Å². The number of piperazine rings is 1. The summed E-state index contributed by atoms with van der Waals surface area (Å²) in [4.78, 5) is 33.4. The lowest BCUT2D eigenvalue weighted by Crippen LogP contribution is -2.48. The van der Waals surface area contributed by atoms with Crippen molar-refractivity contribution in [1.29, 1.82) is 0 Å². The second-order valence-corrected chi connectivity index (χ2v) is 9.04. The number of rotatable bonds is 6. The minimum absolute atomic E-state index is 0.270. The maximum absolute atomic E-state index is 14.4. The quantitative estimate of drug-likeness (QED) is 0.742. The fourth-order valence-corrected chi connectivity index (χ4v) is 4.30. The van der Waals surface area contributed by atoms with Gasteiger partial charge in [-0.2, -0.15) is 0 Å². The molecule has 0 radical (unpaired) electrons. The van der Waals surface area contributed by atoms with E-state index in [1.165, 1.54) is 37.6 Å². The second kappa shape index (κ2) is 9.77. The fourth-order valence-electron chi connectivity index (χ4n) is 4.30. The van der Waals surface area contributed by atoms with Crippen molar-refractivity contribution in [3.8, 4) is 0 Å². The molecule has 2 amide bonds. The Hall–Kier alpha value is -2.80. The third-order valence-electron chi connectivity index (χ3n) is 6.71. The molecule has 6 nitrogen and oxygen atoms in total. The Morgan fingerprint density at radius 2 is 1.88 bits per heavy atom. The summed E-state index contributed by atoms with van der Waals surface area (Å²) >= 11 is 0. The van der Waals surface area contributed by atoms with Crippen molar-refractivity contribution in [1.82, 2.24) is 14.8 Å². The normalized spacial score (nSPS) is 17.2. The first-order valence-corrected chi connectivity index (χ1v) is 11.4. The van der Waals surface area contributed by atoms with Gasteiger partial charge in [-0.05, 0) is 68.0 Å². The highest BCUT2D eigenvalue weighted by Gasteiger charge is 2.26. The van der Waals surface area contributed by atoms with E-state index in [9.17, 15) is 14.0 Å². The van der Waals surface area contributed by atoms with Gasteiger partial charge in [0.2, 0.25) is 5.91 Å². The van der Waals surface area contributed by atoms with E-state index >= 15 is 0 Å². The van der Waals surface area contributed by atoms with Crippen LogP contribution in [0.5, 0.6) is 0 Å². The SMILES string of the molecule is Cc1ccc(C(=O)Nc2cc(F)cc(CN3CCN(C(=O)CC4CCC4)CC3)c2C)cn1. The van der Waals surface area contributed by atoms with Gasteiger partial charge in [0.15, 0.2) is 0 Å². The van der Waals surface area contributed by atoms with Gasteiger partial charge in [-0.15, -0.1) is 0 Å². The van der Waals surface area contributed by atoms with E-state index in [1.54, 1.807) is 12.1 Å². The molecule has 32 heavy (non-hydrogen) atoms. The van der Waals surface area contributed by atoms with Crippen LogP contribution in [0.1, 0.15) is 52.9 Å². The first-order valence-electron chi connectivity index (χ1n) is 11.4. The molecular weight excluding hydrogens is 407 g/mol. The monoisotopic (exact) mass is 438 g/mol. The Balaban J connectivity index is 1.37. The maximum Gasteiger partial charge on any atom is 0.257 e. The van der Waals surface area contributed by atoms with Crippen molar-refractivity contribution in [3.63, 3.8) is 0 Å². The molecule has 1 saturated carbocycles. The standard InChI is InChI=1S/C25H31FN4O2/c1-17-6-7-20(15-27-17)25(32)28-23-14-22(26)13-21(18(23)2)16-29-8-10-30(11-9-29)24(31)12-19-4-3-5-19/h6-7,13-15,19H,3-5,8-12,16H2,1-2H3,(H,28,32). The summed E-state index contributed by atoms with van der Waals surface area (Å²) in [6.45, 7) is 7.30. The number of halogens is 1. The third kappa shape index (κ3) is 5.33. The Morgan fingerprint density at radius 3 is 2.50 bits per heavy atom. The van der Waals surface area contributed by atoms with Crippen molar-refractivity contribution in [2.24, 2.45) is 5.92 Å². The van der Waals surface area contributed by atoms with Gasteiger partial charge >= 0.3 is 0 Å². The zero-order chi connectivity index (χ0) is 22.7. The molecule has 2 aliphatic rings. The van der Waals surface area contributed by atoms with Crippen LogP contribution in [0.25, 0.3) is 0 Å². The molecule has 1 aromatic heterocycles. The summed E-state index contributed by atoms with van der Waals surface area (Å²) in [7, 11) is 0. The van der Waals surface area contributed by atoms with Gasteiger partial charge in [0.25, 0.3) is 5.91 Å². The lowest BCUT2D eigenvalue weighted by molar-refractivity contribution is -0.134. The van der Waals surface area contributed by atoms with Gasteiger partial charge in [-0.25, -0.2) is 4.39 Å². The molecule has 4 rings (SSSR count). The average molecular weight is 439 g/mol. The summed E-state index contributed by atoms with van der Waals surface area (Å²) in [6.07, 6.45) is 5.82. The van der Waals surface area contributed by atoms with Gasteiger partial charge in [-0.3, -0.25) is 19.5 Å². The third-order valence-corrected chi connectivity index (χ3v) is 6.71. The molecule has 2 aromatic rings. The van der Waals surface area contributed by atoms with Crippen LogP contribution < -0.4 is 5.32 Å². The highest BCUT2D eigenvalue weighted by molar-refractivity contribution is 6.04. The van der Waals surface area contributed by atoms with E-state index in [4.69, 9.17) is 0 Å². The smallest absolute Gasteiger partial charge is 0.257 e. The van der Waals surface area contributed by atoms with E-state index in [-0.39, 0.29) is 17.6 Å². The number of aryl methyl sites for hydroxylation is 1. The number of anilines is 1. The number of hydrogen-bond donors (Lipinski definition) is 1.